The Labute approximate surface area is 153 Å². The van der Waals surface area contributed by atoms with Crippen LogP contribution in [0.3, 0.4) is 0 Å². The van der Waals surface area contributed by atoms with E-state index in [1.807, 2.05) is 0 Å². The van der Waals surface area contributed by atoms with Gasteiger partial charge in [0.25, 0.3) is 0 Å². The van der Waals surface area contributed by atoms with Crippen molar-refractivity contribution in [3.8, 4) is 0 Å². The fourth-order valence-corrected chi connectivity index (χ4v) is 2.04. The number of amides is 2. The molecule has 2 aromatic rings. The Bertz CT molecular complexity index is 664. The standard InChI is InChI=1S/C15H19N5O2.2ClH/c1-11(20-9-5-8-17-20)15(22)19(2)10-14(21)18-13-7-4-3-6-12(13)16;;/h3-9,11H,10,16H2,1-2H3,(H,18,21);2*1H. The van der Waals surface area contributed by atoms with Crippen LogP contribution in [0.4, 0.5) is 11.4 Å². The molecule has 0 saturated heterocycles. The van der Waals surface area contributed by atoms with E-state index in [9.17, 15) is 9.59 Å². The number of nitrogens with one attached hydrogen (secondary N) is 1. The van der Waals surface area contributed by atoms with Crippen LogP contribution < -0.4 is 11.1 Å². The molecule has 0 radical (unpaired) electrons. The summed E-state index contributed by atoms with van der Waals surface area (Å²) in [7, 11) is 1.58. The normalized spacial score (nSPS) is 10.8. The molecule has 7 nitrogen and oxygen atoms in total. The maximum atomic E-state index is 12.3. The second-order valence-electron chi connectivity index (χ2n) is 4.99. The number of likely N-dealkylation sites (N-methyl/N-ethyl adjacent to an activating group) is 1. The van der Waals surface area contributed by atoms with Gasteiger partial charge in [-0.1, -0.05) is 12.1 Å². The highest BCUT2D eigenvalue weighted by atomic mass is 35.5. The van der Waals surface area contributed by atoms with Crippen molar-refractivity contribution < 1.29 is 9.59 Å². The van der Waals surface area contributed by atoms with Gasteiger partial charge in [-0.25, -0.2) is 0 Å². The fraction of sp³-hybridized carbons (Fsp3) is 0.267. The minimum Gasteiger partial charge on any atom is -0.397 e. The molecular weight excluding hydrogens is 353 g/mol. The molecule has 9 heteroatoms. The first-order valence-electron chi connectivity index (χ1n) is 6.87. The van der Waals surface area contributed by atoms with Gasteiger partial charge in [-0.3, -0.25) is 14.3 Å². The van der Waals surface area contributed by atoms with Crippen LogP contribution in [-0.2, 0) is 9.59 Å². The number of benzene rings is 1. The predicted octanol–water partition coefficient (Wildman–Crippen LogP) is 1.97. The van der Waals surface area contributed by atoms with Gasteiger partial charge in [-0.2, -0.15) is 5.10 Å². The molecule has 1 unspecified atom stereocenters. The SMILES string of the molecule is CC(C(=O)N(C)CC(=O)Nc1ccccc1N)n1cccn1.Cl.Cl. The van der Waals surface area contributed by atoms with Gasteiger partial charge in [-0.15, -0.1) is 24.8 Å². The van der Waals surface area contributed by atoms with Crippen LogP contribution in [0, 0.1) is 0 Å². The first-order valence-corrected chi connectivity index (χ1v) is 6.87. The number of hydrogen-bond donors (Lipinski definition) is 2. The van der Waals surface area contributed by atoms with Crippen LogP contribution in [0.1, 0.15) is 13.0 Å². The molecule has 132 valence electrons. The number of nitrogens with two attached hydrogens (primary N) is 1. The Morgan fingerprint density at radius 1 is 1.29 bits per heavy atom. The number of rotatable bonds is 5. The molecule has 1 atom stereocenters. The third kappa shape index (κ3) is 5.43. The molecule has 1 heterocycles. The number of hydrogen-bond acceptors (Lipinski definition) is 4. The lowest BCUT2D eigenvalue weighted by Gasteiger charge is -2.21. The van der Waals surface area contributed by atoms with E-state index in [0.717, 1.165) is 0 Å². The molecule has 0 aliphatic rings. The zero-order valence-electron chi connectivity index (χ0n) is 13.4. The van der Waals surface area contributed by atoms with E-state index in [2.05, 4.69) is 10.4 Å². The maximum Gasteiger partial charge on any atom is 0.247 e. The van der Waals surface area contributed by atoms with E-state index in [1.165, 1.54) is 4.90 Å². The van der Waals surface area contributed by atoms with E-state index < -0.39 is 6.04 Å². The molecule has 1 aromatic carbocycles. The summed E-state index contributed by atoms with van der Waals surface area (Å²) in [6.07, 6.45) is 3.32. The predicted molar refractivity (Wildman–Crippen MR) is 98.6 cm³/mol. The van der Waals surface area contributed by atoms with Gasteiger partial charge >= 0.3 is 0 Å². The first kappa shape index (κ1) is 21.8. The van der Waals surface area contributed by atoms with Crippen LogP contribution >= 0.6 is 24.8 Å². The summed E-state index contributed by atoms with van der Waals surface area (Å²) in [6, 6.07) is 8.25. The summed E-state index contributed by atoms with van der Waals surface area (Å²) in [5.41, 5.74) is 6.78. The monoisotopic (exact) mass is 373 g/mol. The van der Waals surface area contributed by atoms with Crippen LogP contribution in [0.15, 0.2) is 42.7 Å². The van der Waals surface area contributed by atoms with Crippen LogP contribution in [0.25, 0.3) is 0 Å². The molecule has 2 rings (SSSR count). The second-order valence-corrected chi connectivity index (χ2v) is 4.99. The topological polar surface area (TPSA) is 93.3 Å². The van der Waals surface area contributed by atoms with E-state index >= 15 is 0 Å². The number of carbonyl (C=O) groups excluding carboxylic acids is 2. The molecular formula is C15H21Cl2N5O2. The summed E-state index contributed by atoms with van der Waals surface area (Å²) in [6.45, 7) is 1.68. The largest absolute Gasteiger partial charge is 0.397 e. The Kier molecular flexibility index (Phi) is 8.87. The van der Waals surface area contributed by atoms with Gasteiger partial charge in [0.1, 0.15) is 6.04 Å². The number of carbonyl (C=O) groups is 2. The van der Waals surface area contributed by atoms with Gasteiger partial charge in [0.2, 0.25) is 11.8 Å². The van der Waals surface area contributed by atoms with Crippen LogP contribution in [0.2, 0.25) is 0 Å². The number of anilines is 2. The van der Waals surface area contributed by atoms with Gasteiger partial charge in [0.15, 0.2) is 0 Å². The second kappa shape index (κ2) is 9.79. The van der Waals surface area contributed by atoms with Crippen molar-refractivity contribution in [1.29, 1.82) is 0 Å². The van der Waals surface area contributed by atoms with Crippen molar-refractivity contribution in [3.05, 3.63) is 42.7 Å². The van der Waals surface area contributed by atoms with Crippen LogP contribution in [-0.4, -0.2) is 40.1 Å². The van der Waals surface area contributed by atoms with Crippen LogP contribution in [0.5, 0.6) is 0 Å². The average molecular weight is 374 g/mol. The minimum absolute atomic E-state index is 0. The number of nitrogens with zero attached hydrogens (tertiary/aromatic N) is 3. The lowest BCUT2D eigenvalue weighted by Crippen LogP contribution is -2.38. The lowest BCUT2D eigenvalue weighted by molar-refractivity contribution is -0.136. The van der Waals surface area contributed by atoms with Crippen molar-refractivity contribution >= 4 is 48.0 Å². The maximum absolute atomic E-state index is 12.3. The van der Waals surface area contributed by atoms with Gasteiger partial charge < -0.3 is 16.0 Å². The molecule has 2 amide bonds. The average Bonchev–Trinajstić information content (AvgIpc) is 3.02. The first-order chi connectivity index (χ1) is 10.5. The fourth-order valence-electron chi connectivity index (χ4n) is 2.04. The quantitative estimate of drug-likeness (QED) is 0.783. The third-order valence-corrected chi connectivity index (χ3v) is 3.27. The molecule has 0 aliphatic heterocycles. The zero-order chi connectivity index (χ0) is 16.1. The number of halogens is 2. The Balaban J connectivity index is 0.00000264. The summed E-state index contributed by atoms with van der Waals surface area (Å²) >= 11 is 0. The van der Waals surface area contributed by atoms with Crippen molar-refractivity contribution in [2.24, 2.45) is 0 Å². The number of nitrogen functional groups attached to an aromatic ring is 1. The molecule has 3 N–H and O–H groups in total. The smallest absolute Gasteiger partial charge is 0.247 e. The molecule has 0 saturated carbocycles. The number of para-hydroxylation sites is 2. The molecule has 1 aromatic heterocycles. The van der Waals surface area contributed by atoms with Gasteiger partial charge in [0.05, 0.1) is 17.9 Å². The Morgan fingerprint density at radius 3 is 2.54 bits per heavy atom. The van der Waals surface area contributed by atoms with Crippen molar-refractivity contribution in [2.45, 2.75) is 13.0 Å². The Hall–Kier alpha value is -2.25. The highest BCUT2D eigenvalue weighted by molar-refractivity contribution is 5.97. The zero-order valence-corrected chi connectivity index (χ0v) is 15.0. The van der Waals surface area contributed by atoms with Gasteiger partial charge in [-0.05, 0) is 25.1 Å². The van der Waals surface area contributed by atoms with E-state index in [-0.39, 0.29) is 43.2 Å². The molecule has 24 heavy (non-hydrogen) atoms. The van der Waals surface area contributed by atoms with E-state index in [0.29, 0.717) is 11.4 Å². The minimum atomic E-state index is -0.463. The summed E-state index contributed by atoms with van der Waals surface area (Å²) < 4.78 is 1.55. The van der Waals surface area contributed by atoms with Crippen molar-refractivity contribution in [1.82, 2.24) is 14.7 Å². The highest BCUT2D eigenvalue weighted by Crippen LogP contribution is 2.16. The third-order valence-electron chi connectivity index (χ3n) is 3.27. The van der Waals surface area contributed by atoms with E-state index in [4.69, 9.17) is 5.73 Å². The summed E-state index contributed by atoms with van der Waals surface area (Å²) in [4.78, 5) is 25.6. The van der Waals surface area contributed by atoms with E-state index in [1.54, 1.807) is 61.4 Å². The highest BCUT2D eigenvalue weighted by Gasteiger charge is 2.21. The van der Waals surface area contributed by atoms with Crippen molar-refractivity contribution in [3.63, 3.8) is 0 Å². The molecule has 0 aliphatic carbocycles. The number of aromatic nitrogens is 2. The summed E-state index contributed by atoms with van der Waals surface area (Å²) in [5.74, 6) is -0.499. The Morgan fingerprint density at radius 2 is 1.96 bits per heavy atom. The lowest BCUT2D eigenvalue weighted by atomic mass is 10.2. The van der Waals surface area contributed by atoms with Gasteiger partial charge in [0, 0.05) is 19.4 Å². The van der Waals surface area contributed by atoms with Crippen molar-refractivity contribution in [2.75, 3.05) is 24.6 Å². The molecule has 0 bridgehead atoms. The molecule has 0 fully saturated rings. The molecule has 0 spiro atoms. The summed E-state index contributed by atoms with van der Waals surface area (Å²) in [5, 5.41) is 6.72.